The quantitative estimate of drug-likeness (QED) is 0.511. The van der Waals surface area contributed by atoms with Crippen LogP contribution in [0.25, 0.3) is 11.1 Å². The fraction of sp³-hybridized carbons (Fsp3) is 0.464. The van der Waals surface area contributed by atoms with E-state index in [4.69, 9.17) is 9.84 Å². The Hall–Kier alpha value is -3.35. The fourth-order valence-electron chi connectivity index (χ4n) is 5.36. The van der Waals surface area contributed by atoms with Gasteiger partial charge < -0.3 is 20.1 Å². The van der Waals surface area contributed by atoms with Crippen molar-refractivity contribution in [3.63, 3.8) is 0 Å². The number of carboxylic acids is 1. The van der Waals surface area contributed by atoms with Crippen molar-refractivity contribution in [1.29, 1.82) is 0 Å². The fourth-order valence-corrected chi connectivity index (χ4v) is 5.36. The minimum atomic E-state index is -0.809. The number of benzene rings is 2. The molecular weight excluding hydrogens is 444 g/mol. The summed E-state index contributed by atoms with van der Waals surface area (Å²) in [5.41, 5.74) is 4.74. The highest BCUT2D eigenvalue weighted by Crippen LogP contribution is 2.44. The molecule has 0 aromatic heterocycles. The number of aliphatic carboxylic acids is 1. The zero-order valence-electron chi connectivity index (χ0n) is 20.2. The highest BCUT2D eigenvalue weighted by molar-refractivity contribution is 5.79. The molecule has 2 unspecified atom stereocenters. The monoisotopic (exact) mass is 478 g/mol. The van der Waals surface area contributed by atoms with Gasteiger partial charge in [-0.2, -0.15) is 0 Å². The van der Waals surface area contributed by atoms with E-state index in [0.717, 1.165) is 12.8 Å². The van der Waals surface area contributed by atoms with Crippen LogP contribution < -0.4 is 5.32 Å². The molecule has 1 aliphatic carbocycles. The number of hydrogen-bond donors (Lipinski definition) is 2. The molecule has 7 nitrogen and oxygen atoms in total. The zero-order valence-corrected chi connectivity index (χ0v) is 20.2. The molecule has 0 radical (unpaired) electrons. The average molecular weight is 479 g/mol. The van der Waals surface area contributed by atoms with Crippen molar-refractivity contribution in [2.24, 2.45) is 11.8 Å². The van der Waals surface area contributed by atoms with Crippen molar-refractivity contribution in [2.45, 2.75) is 44.9 Å². The van der Waals surface area contributed by atoms with Gasteiger partial charge >= 0.3 is 12.1 Å². The molecule has 2 aromatic rings. The Morgan fingerprint density at radius 1 is 1.09 bits per heavy atom. The van der Waals surface area contributed by atoms with Crippen molar-refractivity contribution in [2.75, 3.05) is 26.2 Å². The molecule has 0 spiro atoms. The third-order valence-corrected chi connectivity index (χ3v) is 7.14. The molecule has 2 aromatic carbocycles. The number of carbonyl (C=O) groups is 3. The van der Waals surface area contributed by atoms with Gasteiger partial charge in [-0.25, -0.2) is 4.79 Å². The molecule has 2 atom stereocenters. The van der Waals surface area contributed by atoms with E-state index in [1.54, 1.807) is 4.90 Å². The number of alkyl carbamates (subject to hydrolysis) is 1. The Morgan fingerprint density at radius 3 is 2.40 bits per heavy atom. The second kappa shape index (κ2) is 11.4. The third-order valence-electron chi connectivity index (χ3n) is 7.14. The van der Waals surface area contributed by atoms with Gasteiger partial charge in [0.15, 0.2) is 0 Å². The van der Waals surface area contributed by atoms with Gasteiger partial charge in [-0.1, -0.05) is 55.5 Å². The standard InChI is InChI=1S/C28H34N2O5/c1-19(27(33)30-15-7-9-20(17-30)16-26(31)32)8-6-14-29-28(34)35-18-25-23-12-4-2-10-21(23)22-11-3-5-13-24(22)25/h2-5,10-13,19-20,25H,6-9,14-18H2,1H3,(H,29,34)(H,31,32). The molecule has 1 saturated heterocycles. The number of hydrogen-bond acceptors (Lipinski definition) is 4. The van der Waals surface area contributed by atoms with E-state index in [1.807, 2.05) is 31.2 Å². The number of carbonyl (C=O) groups excluding carboxylic acids is 2. The van der Waals surface area contributed by atoms with Gasteiger partial charge in [-0.15, -0.1) is 0 Å². The van der Waals surface area contributed by atoms with Crippen LogP contribution in [0.2, 0.25) is 0 Å². The normalized spacial score (nSPS) is 17.9. The predicted molar refractivity (Wildman–Crippen MR) is 133 cm³/mol. The average Bonchev–Trinajstić information content (AvgIpc) is 3.18. The number of rotatable bonds is 9. The molecule has 4 rings (SSSR count). The molecule has 186 valence electrons. The Balaban J connectivity index is 1.18. The van der Waals surface area contributed by atoms with E-state index in [-0.39, 0.29) is 36.7 Å². The molecule has 1 fully saturated rings. The number of nitrogens with one attached hydrogen (secondary N) is 1. The van der Waals surface area contributed by atoms with E-state index < -0.39 is 12.1 Å². The lowest BCUT2D eigenvalue weighted by Crippen LogP contribution is -2.43. The second-order valence-electron chi connectivity index (χ2n) is 9.69. The van der Waals surface area contributed by atoms with Crippen molar-refractivity contribution in [3.05, 3.63) is 59.7 Å². The van der Waals surface area contributed by atoms with E-state index >= 15 is 0 Å². The SMILES string of the molecule is CC(CCCNC(=O)OCC1c2ccccc2-c2ccccc21)C(=O)N1CCCC(CC(=O)O)C1. The van der Waals surface area contributed by atoms with E-state index in [1.165, 1.54) is 22.3 Å². The maximum absolute atomic E-state index is 12.8. The van der Waals surface area contributed by atoms with Crippen LogP contribution in [-0.4, -0.2) is 54.2 Å². The van der Waals surface area contributed by atoms with Crippen molar-refractivity contribution in [1.82, 2.24) is 10.2 Å². The molecule has 1 aliphatic heterocycles. The van der Waals surface area contributed by atoms with E-state index in [2.05, 4.69) is 29.6 Å². The summed E-state index contributed by atoms with van der Waals surface area (Å²) in [5, 5.41) is 11.8. The molecule has 7 heteroatoms. The molecule has 2 amide bonds. The summed E-state index contributed by atoms with van der Waals surface area (Å²) < 4.78 is 5.56. The van der Waals surface area contributed by atoms with Crippen LogP contribution in [0.1, 0.15) is 56.1 Å². The summed E-state index contributed by atoms with van der Waals surface area (Å²) in [6.07, 6.45) is 2.70. The number of likely N-dealkylation sites (tertiary alicyclic amines) is 1. The first kappa shape index (κ1) is 24.8. The largest absolute Gasteiger partial charge is 0.481 e. The van der Waals surface area contributed by atoms with Gasteiger partial charge in [-0.05, 0) is 53.9 Å². The Morgan fingerprint density at radius 2 is 1.74 bits per heavy atom. The summed E-state index contributed by atoms with van der Waals surface area (Å²) in [4.78, 5) is 37.9. The van der Waals surface area contributed by atoms with Crippen LogP contribution in [0.3, 0.4) is 0 Å². The van der Waals surface area contributed by atoms with Crippen molar-refractivity contribution in [3.8, 4) is 11.1 Å². The van der Waals surface area contributed by atoms with Gasteiger partial charge in [-0.3, -0.25) is 9.59 Å². The molecule has 35 heavy (non-hydrogen) atoms. The van der Waals surface area contributed by atoms with Crippen LogP contribution in [-0.2, 0) is 14.3 Å². The summed E-state index contributed by atoms with van der Waals surface area (Å²) >= 11 is 0. The number of amides is 2. The Labute approximate surface area is 206 Å². The minimum Gasteiger partial charge on any atom is -0.481 e. The first-order valence-corrected chi connectivity index (χ1v) is 12.5. The lowest BCUT2D eigenvalue weighted by molar-refractivity contribution is -0.142. The van der Waals surface area contributed by atoms with Gasteiger partial charge in [0.2, 0.25) is 5.91 Å². The maximum Gasteiger partial charge on any atom is 0.407 e. The minimum absolute atomic E-state index is 0.0280. The topological polar surface area (TPSA) is 95.9 Å². The molecule has 2 aliphatic rings. The molecule has 1 heterocycles. The summed E-state index contributed by atoms with van der Waals surface area (Å²) in [6, 6.07) is 16.5. The smallest absolute Gasteiger partial charge is 0.407 e. The number of fused-ring (bicyclic) bond motifs is 3. The number of ether oxygens (including phenoxy) is 1. The van der Waals surface area contributed by atoms with Crippen LogP contribution >= 0.6 is 0 Å². The van der Waals surface area contributed by atoms with E-state index in [0.29, 0.717) is 32.5 Å². The van der Waals surface area contributed by atoms with Gasteiger partial charge in [0.25, 0.3) is 0 Å². The maximum atomic E-state index is 12.8. The highest BCUT2D eigenvalue weighted by Gasteiger charge is 2.29. The number of nitrogens with zero attached hydrogens (tertiary/aromatic N) is 1. The molecule has 2 N–H and O–H groups in total. The third kappa shape index (κ3) is 6.02. The number of carboxylic acid groups (broad SMARTS) is 1. The molecular formula is C28H34N2O5. The lowest BCUT2D eigenvalue weighted by atomic mass is 9.93. The van der Waals surface area contributed by atoms with Gasteiger partial charge in [0, 0.05) is 37.9 Å². The summed E-state index contributed by atoms with van der Waals surface area (Å²) in [7, 11) is 0. The van der Waals surface area contributed by atoms with E-state index in [9.17, 15) is 14.4 Å². The molecule has 0 bridgehead atoms. The Kier molecular flexibility index (Phi) is 8.06. The first-order valence-electron chi connectivity index (χ1n) is 12.5. The summed E-state index contributed by atoms with van der Waals surface area (Å²) in [5.74, 6) is -0.839. The van der Waals surface area contributed by atoms with Gasteiger partial charge in [0.05, 0.1) is 0 Å². The molecule has 0 saturated carbocycles. The summed E-state index contributed by atoms with van der Waals surface area (Å²) in [6.45, 7) is 3.83. The van der Waals surface area contributed by atoms with Crippen molar-refractivity contribution < 1.29 is 24.2 Å². The predicted octanol–water partition coefficient (Wildman–Crippen LogP) is 4.65. The first-order chi connectivity index (χ1) is 16.9. The number of piperidine rings is 1. The lowest BCUT2D eigenvalue weighted by Gasteiger charge is -2.33. The van der Waals surface area contributed by atoms with Crippen LogP contribution in [0.5, 0.6) is 0 Å². The van der Waals surface area contributed by atoms with Crippen LogP contribution in [0.4, 0.5) is 4.79 Å². The van der Waals surface area contributed by atoms with Gasteiger partial charge in [0.1, 0.15) is 6.61 Å². The Bertz CT molecular complexity index is 1020. The van der Waals surface area contributed by atoms with Crippen molar-refractivity contribution >= 4 is 18.0 Å². The van der Waals surface area contributed by atoms with Crippen LogP contribution in [0, 0.1) is 11.8 Å². The zero-order chi connectivity index (χ0) is 24.8. The highest BCUT2D eigenvalue weighted by atomic mass is 16.5. The van der Waals surface area contributed by atoms with Crippen LogP contribution in [0.15, 0.2) is 48.5 Å². The second-order valence-corrected chi connectivity index (χ2v) is 9.69.